The Labute approximate surface area is 73.0 Å². The van der Waals surface area contributed by atoms with E-state index in [4.69, 9.17) is 0 Å². The van der Waals surface area contributed by atoms with Crippen LogP contribution in [0.25, 0.3) is 0 Å². The van der Waals surface area contributed by atoms with Crippen LogP contribution in [0.2, 0.25) is 0 Å². The average Bonchev–Trinajstić information content (AvgIpc) is 2.02. The van der Waals surface area contributed by atoms with Crippen LogP contribution in [0.3, 0.4) is 0 Å². The van der Waals surface area contributed by atoms with Gasteiger partial charge in [-0.25, -0.2) is 0 Å². The zero-order valence-electron chi connectivity index (χ0n) is 7.30. The van der Waals surface area contributed by atoms with Crippen LogP contribution in [0.15, 0.2) is 24.3 Å². The Bertz CT molecular complexity index is 266. The van der Waals surface area contributed by atoms with E-state index in [9.17, 15) is 0 Å². The molecule has 2 N–H and O–H groups in total. The minimum Gasteiger partial charge on any atom is -0.388 e. The number of benzene rings is 1. The van der Waals surface area contributed by atoms with Crippen molar-refractivity contribution >= 4 is 5.69 Å². The Morgan fingerprint density at radius 2 is 2.08 bits per heavy atom. The van der Waals surface area contributed by atoms with E-state index < -0.39 is 0 Å². The first-order valence-electron chi connectivity index (χ1n) is 4.39. The predicted molar refractivity (Wildman–Crippen MR) is 51.6 cm³/mol. The van der Waals surface area contributed by atoms with E-state index in [2.05, 4.69) is 34.9 Å². The molecule has 12 heavy (non-hydrogen) atoms. The largest absolute Gasteiger partial charge is 0.388 e. The van der Waals surface area contributed by atoms with Gasteiger partial charge in [0.05, 0.1) is 0 Å². The van der Waals surface area contributed by atoms with Crippen LogP contribution in [-0.4, -0.2) is 20.1 Å². The first kappa shape index (κ1) is 7.62. The molecule has 2 nitrogen and oxygen atoms in total. The molecule has 0 saturated carbocycles. The van der Waals surface area contributed by atoms with Crippen LogP contribution in [0.4, 0.5) is 5.69 Å². The monoisotopic (exact) mass is 162 g/mol. The van der Waals surface area contributed by atoms with Gasteiger partial charge in [0, 0.05) is 31.7 Å². The Hall–Kier alpha value is -1.02. The lowest BCUT2D eigenvalue weighted by Crippen LogP contribution is -2.40. The fourth-order valence-electron chi connectivity index (χ4n) is 1.59. The highest BCUT2D eigenvalue weighted by Crippen LogP contribution is 2.26. The van der Waals surface area contributed by atoms with Crippen molar-refractivity contribution in [3.05, 3.63) is 29.8 Å². The summed E-state index contributed by atoms with van der Waals surface area (Å²) in [6.07, 6.45) is 0. The molecule has 0 amide bonds. The van der Waals surface area contributed by atoms with Crippen molar-refractivity contribution in [2.75, 3.05) is 25.5 Å². The first-order valence-corrected chi connectivity index (χ1v) is 4.39. The maximum atomic E-state index is 3.28. The Morgan fingerprint density at radius 3 is 2.67 bits per heavy atom. The van der Waals surface area contributed by atoms with E-state index in [1.54, 1.807) is 0 Å². The molecule has 1 aromatic rings. The highest BCUT2D eigenvalue weighted by Gasteiger charge is 2.20. The molecule has 2 rings (SSSR count). The second-order valence-corrected chi connectivity index (χ2v) is 3.19. The van der Waals surface area contributed by atoms with Crippen LogP contribution in [-0.2, 0) is 0 Å². The number of hydrogen-bond acceptors (Lipinski definition) is 2. The molecule has 1 fully saturated rings. The molecule has 0 aromatic heterocycles. The summed E-state index contributed by atoms with van der Waals surface area (Å²) in [6, 6.07) is 8.51. The standard InChI is InChI=1S/C10H14N2/c1-11-10-5-3-2-4-9(10)8-6-12-7-8/h2-5,8,11-12H,6-7H2,1H3. The second-order valence-electron chi connectivity index (χ2n) is 3.19. The molecular formula is C10H14N2. The molecule has 1 aromatic carbocycles. The number of hydrogen-bond donors (Lipinski definition) is 2. The predicted octanol–water partition coefficient (Wildman–Crippen LogP) is 1.42. The molecule has 0 aliphatic carbocycles. The molecule has 0 atom stereocenters. The molecule has 0 unspecified atom stereocenters. The van der Waals surface area contributed by atoms with Gasteiger partial charge in [-0.15, -0.1) is 0 Å². The molecule has 1 saturated heterocycles. The van der Waals surface area contributed by atoms with E-state index in [1.807, 2.05) is 7.05 Å². The third-order valence-electron chi connectivity index (χ3n) is 2.45. The van der Waals surface area contributed by atoms with Crippen LogP contribution in [0.1, 0.15) is 11.5 Å². The second kappa shape index (κ2) is 3.15. The summed E-state index contributed by atoms with van der Waals surface area (Å²) < 4.78 is 0. The van der Waals surface area contributed by atoms with Gasteiger partial charge in [-0.2, -0.15) is 0 Å². The summed E-state index contributed by atoms with van der Waals surface area (Å²) in [6.45, 7) is 2.25. The number of para-hydroxylation sites is 1. The highest BCUT2D eigenvalue weighted by atomic mass is 15.0. The lowest BCUT2D eigenvalue weighted by Gasteiger charge is -2.29. The Kier molecular flexibility index (Phi) is 2.00. The van der Waals surface area contributed by atoms with Gasteiger partial charge in [-0.05, 0) is 11.6 Å². The van der Waals surface area contributed by atoms with E-state index in [-0.39, 0.29) is 0 Å². The van der Waals surface area contributed by atoms with Crippen molar-refractivity contribution in [1.82, 2.24) is 5.32 Å². The molecule has 64 valence electrons. The molecule has 2 heteroatoms. The van der Waals surface area contributed by atoms with Gasteiger partial charge in [-0.3, -0.25) is 0 Å². The van der Waals surface area contributed by atoms with Crippen molar-refractivity contribution in [1.29, 1.82) is 0 Å². The fraction of sp³-hybridized carbons (Fsp3) is 0.400. The quantitative estimate of drug-likeness (QED) is 0.687. The number of nitrogens with one attached hydrogen (secondary N) is 2. The van der Waals surface area contributed by atoms with E-state index in [0.717, 1.165) is 13.1 Å². The third-order valence-corrected chi connectivity index (χ3v) is 2.45. The van der Waals surface area contributed by atoms with E-state index in [0.29, 0.717) is 5.92 Å². The van der Waals surface area contributed by atoms with E-state index >= 15 is 0 Å². The smallest absolute Gasteiger partial charge is 0.0373 e. The molecule has 0 spiro atoms. The summed E-state index contributed by atoms with van der Waals surface area (Å²) >= 11 is 0. The van der Waals surface area contributed by atoms with Gasteiger partial charge < -0.3 is 10.6 Å². The van der Waals surface area contributed by atoms with Gasteiger partial charge in [0.15, 0.2) is 0 Å². The zero-order valence-corrected chi connectivity index (χ0v) is 7.30. The minimum absolute atomic E-state index is 0.716. The summed E-state index contributed by atoms with van der Waals surface area (Å²) in [7, 11) is 1.98. The summed E-state index contributed by atoms with van der Waals surface area (Å²) in [5.41, 5.74) is 2.71. The van der Waals surface area contributed by atoms with Gasteiger partial charge in [0.1, 0.15) is 0 Å². The molecule has 0 radical (unpaired) electrons. The molecular weight excluding hydrogens is 148 g/mol. The lowest BCUT2D eigenvalue weighted by molar-refractivity contribution is 0.449. The lowest BCUT2D eigenvalue weighted by atomic mass is 9.92. The first-order chi connectivity index (χ1) is 5.92. The van der Waals surface area contributed by atoms with Crippen LogP contribution < -0.4 is 10.6 Å². The summed E-state index contributed by atoms with van der Waals surface area (Å²) in [5.74, 6) is 0.716. The highest BCUT2D eigenvalue weighted by molar-refractivity contribution is 5.53. The fourth-order valence-corrected chi connectivity index (χ4v) is 1.59. The SMILES string of the molecule is CNc1ccccc1C1CNC1. The van der Waals surface area contributed by atoms with Crippen molar-refractivity contribution in [2.45, 2.75) is 5.92 Å². The maximum absolute atomic E-state index is 3.28. The van der Waals surface area contributed by atoms with Crippen molar-refractivity contribution in [2.24, 2.45) is 0 Å². The molecule has 1 aliphatic rings. The van der Waals surface area contributed by atoms with Gasteiger partial charge >= 0.3 is 0 Å². The Balaban J connectivity index is 2.27. The van der Waals surface area contributed by atoms with Crippen molar-refractivity contribution in [3.8, 4) is 0 Å². The summed E-state index contributed by atoms with van der Waals surface area (Å²) in [5, 5.41) is 6.50. The Morgan fingerprint density at radius 1 is 1.33 bits per heavy atom. The van der Waals surface area contributed by atoms with Crippen LogP contribution >= 0.6 is 0 Å². The van der Waals surface area contributed by atoms with Gasteiger partial charge in [0.2, 0.25) is 0 Å². The van der Waals surface area contributed by atoms with E-state index in [1.165, 1.54) is 11.3 Å². The molecule has 0 bridgehead atoms. The molecule has 1 aliphatic heterocycles. The zero-order chi connectivity index (χ0) is 8.39. The normalized spacial score (nSPS) is 17.1. The average molecular weight is 162 g/mol. The minimum atomic E-state index is 0.716. The van der Waals surface area contributed by atoms with Crippen molar-refractivity contribution in [3.63, 3.8) is 0 Å². The topological polar surface area (TPSA) is 24.1 Å². The summed E-state index contributed by atoms with van der Waals surface area (Å²) in [4.78, 5) is 0. The van der Waals surface area contributed by atoms with Crippen LogP contribution in [0.5, 0.6) is 0 Å². The van der Waals surface area contributed by atoms with Crippen LogP contribution in [0, 0.1) is 0 Å². The number of anilines is 1. The van der Waals surface area contributed by atoms with Gasteiger partial charge in [-0.1, -0.05) is 18.2 Å². The third kappa shape index (κ3) is 1.18. The van der Waals surface area contributed by atoms with Gasteiger partial charge in [0.25, 0.3) is 0 Å². The van der Waals surface area contributed by atoms with Crippen molar-refractivity contribution < 1.29 is 0 Å². The number of rotatable bonds is 2. The molecule has 1 heterocycles. The maximum Gasteiger partial charge on any atom is 0.0373 e.